The molecule has 2 aromatic carbocycles. The molecule has 3 aliphatic heterocycles. The monoisotopic (exact) mass is 659 g/mol. The minimum absolute atomic E-state index is 0.00818. The van der Waals surface area contributed by atoms with E-state index in [0.29, 0.717) is 29.2 Å². The lowest BCUT2D eigenvalue weighted by atomic mass is 9.83. The van der Waals surface area contributed by atoms with Crippen molar-refractivity contribution in [3.8, 4) is 17.7 Å². The van der Waals surface area contributed by atoms with Crippen LogP contribution in [0.25, 0.3) is 0 Å². The number of carbonyl (C=O) groups is 2. The molecule has 1 atom stereocenters. The van der Waals surface area contributed by atoms with Crippen LogP contribution in [0, 0.1) is 11.3 Å². The Balaban J connectivity index is 1.45. The average molecular weight is 660 g/mol. The molecule has 3 aromatic rings. The first-order valence-electron chi connectivity index (χ1n) is 15.6. The highest BCUT2D eigenvalue weighted by atomic mass is 32.2. The largest absolute Gasteiger partial charge is 0.497 e. The standard InChI is InChI=1S/C33H37N7O6S/c1-3-46-30-27(5-4-14-36-30)33(37-32(42)39-17-12-24(13-18-39)38-19-15-35-16-20-38)28-21-23(22-34)6-11-29(28)40(31(33)41)47(43,44)26-9-7-25(45-2)8-10-26/h4-11,14,21,24,35H,3,12-13,15-20H2,1-2H3,(H,37,42). The van der Waals surface area contributed by atoms with Gasteiger partial charge in [-0.05, 0) is 74.4 Å². The fraction of sp³-hybridized carbons (Fsp3) is 0.394. The van der Waals surface area contributed by atoms with Crippen LogP contribution in [0.1, 0.15) is 36.5 Å². The lowest BCUT2D eigenvalue weighted by Crippen LogP contribution is -2.59. The molecule has 246 valence electrons. The highest BCUT2D eigenvalue weighted by molar-refractivity contribution is 7.93. The van der Waals surface area contributed by atoms with Gasteiger partial charge in [0.2, 0.25) is 5.88 Å². The third-order valence-electron chi connectivity index (χ3n) is 9.02. The van der Waals surface area contributed by atoms with Crippen LogP contribution in [0.3, 0.4) is 0 Å². The second kappa shape index (κ2) is 13.2. The Labute approximate surface area is 274 Å². The Bertz CT molecular complexity index is 1800. The number of nitriles is 1. The minimum atomic E-state index is -4.52. The molecule has 2 saturated heterocycles. The van der Waals surface area contributed by atoms with Crippen LogP contribution in [-0.2, 0) is 20.4 Å². The second-order valence-electron chi connectivity index (χ2n) is 11.6. The van der Waals surface area contributed by atoms with E-state index in [2.05, 4.69) is 26.6 Å². The quantitative estimate of drug-likeness (QED) is 0.368. The van der Waals surface area contributed by atoms with E-state index < -0.39 is 27.5 Å². The molecular weight excluding hydrogens is 622 g/mol. The summed E-state index contributed by atoms with van der Waals surface area (Å²) >= 11 is 0. The number of pyridine rings is 1. The number of benzene rings is 2. The first kappa shape index (κ1) is 32.2. The Kier molecular flexibility index (Phi) is 9.05. The Hall–Kier alpha value is -4.71. The van der Waals surface area contributed by atoms with Gasteiger partial charge in [-0.2, -0.15) is 9.57 Å². The summed E-state index contributed by atoms with van der Waals surface area (Å²) in [5.74, 6) is -0.454. The fourth-order valence-electron chi connectivity index (χ4n) is 6.65. The van der Waals surface area contributed by atoms with Gasteiger partial charge in [0, 0.05) is 57.1 Å². The normalized spacial score (nSPS) is 20.4. The SMILES string of the molecule is CCOc1ncccc1C1(NC(=O)N2CCC(N3CCNCC3)CC2)C(=O)N(S(=O)(=O)c2ccc(OC)cc2)c2ccc(C#N)cc21. The van der Waals surface area contributed by atoms with E-state index in [0.717, 1.165) is 39.0 Å². The summed E-state index contributed by atoms with van der Waals surface area (Å²) in [7, 11) is -3.06. The first-order chi connectivity index (χ1) is 22.7. The van der Waals surface area contributed by atoms with E-state index in [1.165, 1.54) is 55.8 Å². The maximum Gasteiger partial charge on any atom is 0.318 e. The van der Waals surface area contributed by atoms with Crippen LogP contribution in [0.4, 0.5) is 10.5 Å². The molecule has 47 heavy (non-hydrogen) atoms. The molecule has 2 N–H and O–H groups in total. The van der Waals surface area contributed by atoms with Crippen LogP contribution >= 0.6 is 0 Å². The number of carbonyl (C=O) groups excluding carboxylic acids is 2. The molecule has 0 bridgehead atoms. The molecule has 4 heterocycles. The maximum atomic E-state index is 15.0. The summed E-state index contributed by atoms with van der Waals surface area (Å²) < 4.78 is 40.3. The molecule has 0 radical (unpaired) electrons. The van der Waals surface area contributed by atoms with E-state index in [4.69, 9.17) is 9.47 Å². The first-order valence-corrected chi connectivity index (χ1v) is 17.1. The van der Waals surface area contributed by atoms with Crippen LogP contribution < -0.4 is 24.4 Å². The number of fused-ring (bicyclic) bond motifs is 1. The zero-order valence-corrected chi connectivity index (χ0v) is 27.1. The number of methoxy groups -OCH3 is 1. The number of hydrogen-bond donors (Lipinski definition) is 2. The number of anilines is 1. The van der Waals surface area contributed by atoms with Gasteiger partial charge in [0.05, 0.1) is 41.5 Å². The number of piperidine rings is 1. The zero-order valence-electron chi connectivity index (χ0n) is 26.3. The van der Waals surface area contributed by atoms with E-state index in [9.17, 15) is 23.3 Å². The van der Waals surface area contributed by atoms with E-state index in [1.807, 2.05) is 0 Å². The Morgan fingerprint density at radius 2 is 1.81 bits per heavy atom. The number of hydrogen-bond acceptors (Lipinski definition) is 10. The number of ether oxygens (including phenoxy) is 2. The number of likely N-dealkylation sites (tertiary alicyclic amines) is 1. The van der Waals surface area contributed by atoms with Crippen LogP contribution in [0.15, 0.2) is 65.7 Å². The molecule has 3 amide bonds. The molecule has 13 nitrogen and oxygen atoms in total. The van der Waals surface area contributed by atoms with Gasteiger partial charge in [-0.3, -0.25) is 9.69 Å². The van der Waals surface area contributed by atoms with E-state index in [1.54, 1.807) is 24.0 Å². The van der Waals surface area contributed by atoms with Gasteiger partial charge in [-0.25, -0.2) is 18.2 Å². The van der Waals surface area contributed by atoms with E-state index >= 15 is 0 Å². The summed E-state index contributed by atoms with van der Waals surface area (Å²) in [4.78, 5) is 37.5. The molecular formula is C33H37N7O6S. The van der Waals surface area contributed by atoms with Crippen LogP contribution in [0.2, 0.25) is 0 Å². The van der Waals surface area contributed by atoms with Gasteiger partial charge in [0.25, 0.3) is 15.9 Å². The summed E-state index contributed by atoms with van der Waals surface area (Å²) in [6, 6.07) is 15.0. The van der Waals surface area contributed by atoms with Crippen molar-refractivity contribution in [2.24, 2.45) is 0 Å². The number of sulfonamides is 1. The summed E-state index contributed by atoms with van der Waals surface area (Å²) in [6.07, 6.45) is 3.01. The number of urea groups is 1. The molecule has 1 unspecified atom stereocenters. The van der Waals surface area contributed by atoms with Gasteiger partial charge >= 0.3 is 6.03 Å². The van der Waals surface area contributed by atoms with E-state index in [-0.39, 0.29) is 39.8 Å². The smallest absolute Gasteiger partial charge is 0.318 e. The minimum Gasteiger partial charge on any atom is -0.497 e. The molecule has 1 aromatic heterocycles. The van der Waals surface area contributed by atoms with Crippen molar-refractivity contribution in [1.29, 1.82) is 5.26 Å². The number of aromatic nitrogens is 1. The predicted octanol–water partition coefficient (Wildman–Crippen LogP) is 2.42. The maximum absolute atomic E-state index is 15.0. The van der Waals surface area contributed by atoms with Crippen molar-refractivity contribution in [3.63, 3.8) is 0 Å². The summed E-state index contributed by atoms with van der Waals surface area (Å²) in [5.41, 5.74) is -1.63. The number of piperazine rings is 1. The molecule has 6 rings (SSSR count). The van der Waals surface area contributed by atoms with Crippen LogP contribution in [-0.4, -0.2) is 94.2 Å². The van der Waals surface area contributed by atoms with Gasteiger partial charge in [-0.1, -0.05) is 0 Å². The Morgan fingerprint density at radius 1 is 1.09 bits per heavy atom. The van der Waals surface area contributed by atoms with Crippen molar-refractivity contribution < 1.29 is 27.5 Å². The lowest BCUT2D eigenvalue weighted by Gasteiger charge is -2.41. The molecule has 0 spiro atoms. The van der Waals surface area contributed by atoms with Crippen molar-refractivity contribution in [1.82, 2.24) is 25.4 Å². The number of nitrogens with zero attached hydrogens (tertiary/aromatic N) is 5. The predicted molar refractivity (Wildman–Crippen MR) is 173 cm³/mol. The third-order valence-corrected chi connectivity index (χ3v) is 10.7. The lowest BCUT2D eigenvalue weighted by molar-refractivity contribution is -0.121. The molecule has 0 saturated carbocycles. The van der Waals surface area contributed by atoms with Crippen molar-refractivity contribution >= 4 is 27.6 Å². The number of nitrogens with one attached hydrogen (secondary N) is 2. The highest BCUT2D eigenvalue weighted by Crippen LogP contribution is 2.49. The molecule has 3 aliphatic rings. The van der Waals surface area contributed by atoms with Crippen LogP contribution in [0.5, 0.6) is 11.6 Å². The van der Waals surface area contributed by atoms with Gasteiger partial charge in [0.15, 0.2) is 5.54 Å². The van der Waals surface area contributed by atoms with Gasteiger partial charge in [0.1, 0.15) is 5.75 Å². The molecule has 2 fully saturated rings. The third kappa shape index (κ3) is 5.75. The van der Waals surface area contributed by atoms with Gasteiger partial charge < -0.3 is 25.0 Å². The number of rotatable bonds is 8. The highest BCUT2D eigenvalue weighted by Gasteiger charge is 2.59. The summed E-state index contributed by atoms with van der Waals surface area (Å²) in [5, 5.41) is 16.2. The fourth-order valence-corrected chi connectivity index (χ4v) is 8.11. The average Bonchev–Trinajstić information content (AvgIpc) is 3.36. The second-order valence-corrected chi connectivity index (χ2v) is 13.4. The topological polar surface area (TPSA) is 157 Å². The molecule has 14 heteroatoms. The Morgan fingerprint density at radius 3 is 2.47 bits per heavy atom. The van der Waals surface area contributed by atoms with Crippen molar-refractivity contribution in [3.05, 3.63) is 77.5 Å². The molecule has 0 aliphatic carbocycles. The summed E-state index contributed by atoms with van der Waals surface area (Å²) in [6.45, 7) is 6.62. The van der Waals surface area contributed by atoms with Crippen molar-refractivity contribution in [2.75, 3.05) is 57.3 Å². The zero-order chi connectivity index (χ0) is 33.2. The van der Waals surface area contributed by atoms with Crippen molar-refractivity contribution in [2.45, 2.75) is 36.2 Å². The van der Waals surface area contributed by atoms with Gasteiger partial charge in [-0.15, -0.1) is 0 Å². The number of amides is 3.